The summed E-state index contributed by atoms with van der Waals surface area (Å²) in [5.41, 5.74) is 1.64. The molecule has 3 aromatic rings. The molecule has 0 saturated heterocycles. The fourth-order valence-corrected chi connectivity index (χ4v) is 2.70. The number of rotatable bonds is 5. The number of phenols is 1. The van der Waals surface area contributed by atoms with E-state index in [0.29, 0.717) is 12.1 Å². The molecule has 0 aliphatic rings. The Morgan fingerprint density at radius 2 is 1.80 bits per heavy atom. The Morgan fingerprint density at radius 3 is 2.48 bits per heavy atom. The number of carbonyl (C=O) groups is 1. The van der Waals surface area contributed by atoms with Crippen molar-refractivity contribution < 1.29 is 14.4 Å². The lowest BCUT2D eigenvalue weighted by Crippen LogP contribution is -2.23. The smallest absolute Gasteiger partial charge is 0.292 e. The van der Waals surface area contributed by atoms with Crippen molar-refractivity contribution in [3.05, 3.63) is 75.4 Å². The predicted octanol–water partition coefficient (Wildman–Crippen LogP) is 3.60. The lowest BCUT2D eigenvalue weighted by molar-refractivity contribution is 0.0937. The van der Waals surface area contributed by atoms with E-state index >= 15 is 0 Å². The maximum absolute atomic E-state index is 12.1. The molecule has 0 atom stereocenters. The van der Waals surface area contributed by atoms with E-state index in [1.54, 1.807) is 12.1 Å². The molecule has 2 aromatic carbocycles. The van der Waals surface area contributed by atoms with Crippen molar-refractivity contribution >= 4 is 29.1 Å². The minimum atomic E-state index is -0.430. The zero-order valence-corrected chi connectivity index (χ0v) is 14.4. The summed E-state index contributed by atoms with van der Waals surface area (Å²) in [4.78, 5) is 16.1. The van der Waals surface area contributed by atoms with Gasteiger partial charge in [0.25, 0.3) is 11.7 Å². The van der Waals surface area contributed by atoms with E-state index in [4.69, 9.17) is 27.7 Å². The van der Waals surface area contributed by atoms with Gasteiger partial charge in [-0.25, -0.2) is 0 Å². The number of amides is 1. The number of carbonyl (C=O) groups excluding carboxylic acids is 1. The van der Waals surface area contributed by atoms with Gasteiger partial charge >= 0.3 is 0 Å². The predicted molar refractivity (Wildman–Crippen MR) is 92.8 cm³/mol. The summed E-state index contributed by atoms with van der Waals surface area (Å²) < 4.78 is 5.08. The van der Waals surface area contributed by atoms with Crippen LogP contribution in [0.2, 0.25) is 10.0 Å². The van der Waals surface area contributed by atoms with Crippen molar-refractivity contribution in [2.24, 2.45) is 0 Å². The number of nitrogens with one attached hydrogen (secondary N) is 1. The largest absolute Gasteiger partial charge is 0.505 e. The van der Waals surface area contributed by atoms with E-state index in [0.717, 1.165) is 5.56 Å². The van der Waals surface area contributed by atoms with E-state index in [9.17, 15) is 9.90 Å². The summed E-state index contributed by atoms with van der Waals surface area (Å²) in [7, 11) is 0. The summed E-state index contributed by atoms with van der Waals surface area (Å²) >= 11 is 11.8. The van der Waals surface area contributed by atoms with Crippen LogP contribution in [0.4, 0.5) is 0 Å². The maximum Gasteiger partial charge on any atom is 0.292 e. The number of hydrogen-bond acceptors (Lipinski definition) is 5. The van der Waals surface area contributed by atoms with E-state index in [1.807, 2.05) is 30.3 Å². The Hall–Kier alpha value is -2.57. The van der Waals surface area contributed by atoms with Crippen LogP contribution in [0, 0.1) is 0 Å². The van der Waals surface area contributed by atoms with Crippen LogP contribution in [-0.4, -0.2) is 21.2 Å². The minimum absolute atomic E-state index is 0.0538. The molecule has 8 heteroatoms. The number of hydrogen-bond donors (Lipinski definition) is 2. The third-order valence-corrected chi connectivity index (χ3v) is 3.98. The molecule has 0 saturated carbocycles. The van der Waals surface area contributed by atoms with Crippen molar-refractivity contribution in [3.63, 3.8) is 0 Å². The third-order valence-electron chi connectivity index (χ3n) is 3.40. The van der Waals surface area contributed by atoms with Crippen LogP contribution in [0.25, 0.3) is 0 Å². The molecule has 1 aromatic heterocycles. The molecule has 0 fully saturated rings. The Morgan fingerprint density at radius 1 is 1.12 bits per heavy atom. The van der Waals surface area contributed by atoms with Gasteiger partial charge in [-0.1, -0.05) is 58.7 Å². The molecule has 2 N–H and O–H groups in total. The average Bonchev–Trinajstić information content (AvgIpc) is 3.07. The number of aromatic hydroxyl groups is 1. The molecule has 0 radical (unpaired) electrons. The summed E-state index contributed by atoms with van der Waals surface area (Å²) in [6.07, 6.45) is 0.235. The number of nitrogens with zero attached hydrogens (tertiary/aromatic N) is 2. The Kier molecular flexibility index (Phi) is 5.21. The molecular formula is C17H13Cl2N3O3. The lowest BCUT2D eigenvalue weighted by atomic mass is 10.1. The zero-order chi connectivity index (χ0) is 17.8. The third kappa shape index (κ3) is 4.29. The van der Waals surface area contributed by atoms with Gasteiger partial charge in [0.05, 0.1) is 16.5 Å². The topological polar surface area (TPSA) is 88.2 Å². The molecule has 0 aliphatic carbocycles. The second-order valence-corrected chi connectivity index (χ2v) is 6.08. The molecular weight excluding hydrogens is 365 g/mol. The van der Waals surface area contributed by atoms with Crippen LogP contribution in [-0.2, 0) is 13.0 Å². The van der Waals surface area contributed by atoms with E-state index < -0.39 is 5.91 Å². The first-order valence-corrected chi connectivity index (χ1v) is 8.10. The van der Waals surface area contributed by atoms with Crippen LogP contribution in [0.15, 0.2) is 47.0 Å². The quantitative estimate of drug-likeness (QED) is 0.708. The minimum Gasteiger partial charge on any atom is -0.505 e. The molecule has 0 unspecified atom stereocenters. The van der Waals surface area contributed by atoms with Crippen molar-refractivity contribution in [2.45, 2.75) is 13.0 Å². The van der Waals surface area contributed by atoms with Crippen LogP contribution in [0.5, 0.6) is 5.75 Å². The van der Waals surface area contributed by atoms with E-state index in [-0.39, 0.29) is 33.9 Å². The Balaban J connectivity index is 1.65. The number of phenolic OH excluding ortho intramolecular Hbond substituents is 1. The fraction of sp³-hybridized carbons (Fsp3) is 0.118. The number of halogens is 2. The average molecular weight is 378 g/mol. The maximum atomic E-state index is 12.1. The van der Waals surface area contributed by atoms with Crippen LogP contribution in [0.1, 0.15) is 27.6 Å². The molecule has 1 heterocycles. The van der Waals surface area contributed by atoms with Gasteiger partial charge < -0.3 is 14.9 Å². The number of benzene rings is 2. The second kappa shape index (κ2) is 7.55. The first-order chi connectivity index (χ1) is 12.0. The first-order valence-electron chi connectivity index (χ1n) is 7.34. The highest BCUT2D eigenvalue weighted by Crippen LogP contribution is 2.33. The van der Waals surface area contributed by atoms with Gasteiger partial charge in [-0.2, -0.15) is 4.98 Å². The van der Waals surface area contributed by atoms with Crippen molar-refractivity contribution in [2.75, 3.05) is 0 Å². The first kappa shape index (κ1) is 17.3. The van der Waals surface area contributed by atoms with Gasteiger partial charge in [0.1, 0.15) is 0 Å². The number of aromatic nitrogens is 2. The van der Waals surface area contributed by atoms with Crippen molar-refractivity contribution in [3.8, 4) is 5.75 Å². The highest BCUT2D eigenvalue weighted by Gasteiger charge is 2.16. The zero-order valence-electron chi connectivity index (χ0n) is 12.9. The van der Waals surface area contributed by atoms with Gasteiger partial charge in [0.2, 0.25) is 5.89 Å². The van der Waals surface area contributed by atoms with Crippen LogP contribution >= 0.6 is 23.2 Å². The van der Waals surface area contributed by atoms with Gasteiger partial charge in [-0.3, -0.25) is 4.79 Å². The molecule has 3 rings (SSSR count). The summed E-state index contributed by atoms with van der Waals surface area (Å²) in [5, 5.41) is 16.2. The standard InChI is InChI=1S/C17H13Cl2N3O3/c18-12-6-11(7-13(19)15(12)23)8-14-21-16(22-25-14)17(24)20-9-10-4-2-1-3-5-10/h1-7,23H,8-9H2,(H,20,24). The summed E-state index contributed by atoms with van der Waals surface area (Å²) in [5.74, 6) is -0.427. The summed E-state index contributed by atoms with van der Waals surface area (Å²) in [6.45, 7) is 0.368. The monoisotopic (exact) mass is 377 g/mol. The molecule has 0 spiro atoms. The van der Waals surface area contributed by atoms with Crippen molar-refractivity contribution in [1.29, 1.82) is 0 Å². The second-order valence-electron chi connectivity index (χ2n) is 5.26. The van der Waals surface area contributed by atoms with Gasteiger partial charge in [0.15, 0.2) is 5.75 Å². The molecule has 25 heavy (non-hydrogen) atoms. The molecule has 0 aliphatic heterocycles. The van der Waals surface area contributed by atoms with Gasteiger partial charge in [-0.15, -0.1) is 0 Å². The molecule has 6 nitrogen and oxygen atoms in total. The molecule has 1 amide bonds. The van der Waals surface area contributed by atoms with Crippen molar-refractivity contribution in [1.82, 2.24) is 15.5 Å². The Bertz CT molecular complexity index is 874. The van der Waals surface area contributed by atoms with Crippen LogP contribution < -0.4 is 5.32 Å². The lowest BCUT2D eigenvalue weighted by Gasteiger charge is -2.03. The molecule has 128 valence electrons. The highest BCUT2D eigenvalue weighted by molar-refractivity contribution is 6.37. The van der Waals surface area contributed by atoms with Crippen LogP contribution in [0.3, 0.4) is 0 Å². The molecule has 0 bridgehead atoms. The SMILES string of the molecule is O=C(NCc1ccccc1)c1noc(Cc2cc(Cl)c(O)c(Cl)c2)n1. The van der Waals surface area contributed by atoms with Gasteiger partial charge in [0, 0.05) is 6.54 Å². The normalized spacial score (nSPS) is 10.6. The van der Waals surface area contributed by atoms with E-state index in [2.05, 4.69) is 15.5 Å². The fourth-order valence-electron chi connectivity index (χ4n) is 2.17. The highest BCUT2D eigenvalue weighted by atomic mass is 35.5. The van der Waals surface area contributed by atoms with Gasteiger partial charge in [-0.05, 0) is 23.3 Å². The summed E-state index contributed by atoms with van der Waals surface area (Å²) in [6, 6.07) is 12.6. The Labute approximate surface area is 153 Å². The van der Waals surface area contributed by atoms with E-state index in [1.165, 1.54) is 0 Å².